The third-order valence-corrected chi connectivity index (χ3v) is 7.48. The monoisotopic (exact) mass is 438 g/mol. The van der Waals surface area contributed by atoms with E-state index < -0.39 is 10.0 Å². The van der Waals surface area contributed by atoms with Gasteiger partial charge >= 0.3 is 0 Å². The molecule has 1 amide bonds. The Labute approximate surface area is 150 Å². The van der Waals surface area contributed by atoms with Crippen molar-refractivity contribution in [2.75, 3.05) is 26.2 Å². The van der Waals surface area contributed by atoms with Crippen LogP contribution in [0.15, 0.2) is 37.6 Å². The molecule has 1 aliphatic heterocycles. The highest BCUT2D eigenvalue weighted by Crippen LogP contribution is 2.28. The number of piperazine rings is 1. The summed E-state index contributed by atoms with van der Waals surface area (Å²) in [5.41, 5.74) is 0. The zero-order chi connectivity index (χ0) is 16.6. The average Bonchev–Trinajstić information content (AvgIpc) is 3.15. The van der Waals surface area contributed by atoms with Crippen molar-refractivity contribution in [3.05, 3.63) is 39.0 Å². The van der Waals surface area contributed by atoms with Crippen molar-refractivity contribution in [2.24, 2.45) is 0 Å². The molecule has 1 fully saturated rings. The Morgan fingerprint density at radius 3 is 2.39 bits per heavy atom. The van der Waals surface area contributed by atoms with Gasteiger partial charge in [-0.15, -0.1) is 11.3 Å². The lowest BCUT2D eigenvalue weighted by Crippen LogP contribution is -2.50. The van der Waals surface area contributed by atoms with E-state index in [1.165, 1.54) is 10.4 Å². The second-order valence-corrected chi connectivity index (χ2v) is 9.52. The number of furan rings is 1. The minimum atomic E-state index is -3.55. The molecule has 1 aliphatic rings. The Kier molecular flexibility index (Phi) is 4.84. The number of hydrogen-bond donors (Lipinski definition) is 0. The van der Waals surface area contributed by atoms with Crippen LogP contribution in [0, 0.1) is 0 Å². The summed E-state index contributed by atoms with van der Waals surface area (Å²) < 4.78 is 32.8. The number of thiophene rings is 1. The van der Waals surface area contributed by atoms with Crippen LogP contribution in [-0.4, -0.2) is 49.7 Å². The third kappa shape index (κ3) is 3.48. The number of rotatable bonds is 3. The molecule has 0 radical (unpaired) electrons. The van der Waals surface area contributed by atoms with E-state index in [1.807, 2.05) is 0 Å². The highest BCUT2D eigenvalue weighted by molar-refractivity contribution is 9.10. The number of hydrogen-bond acceptors (Lipinski definition) is 5. The number of carbonyl (C=O) groups is 1. The van der Waals surface area contributed by atoms with E-state index in [2.05, 4.69) is 15.9 Å². The van der Waals surface area contributed by atoms with Crippen LogP contribution in [0.3, 0.4) is 0 Å². The smallest absolute Gasteiger partial charge is 0.289 e. The van der Waals surface area contributed by atoms with Gasteiger partial charge in [0.25, 0.3) is 15.9 Å². The van der Waals surface area contributed by atoms with E-state index in [9.17, 15) is 13.2 Å². The minimum absolute atomic E-state index is 0.220. The van der Waals surface area contributed by atoms with Gasteiger partial charge in [0.05, 0.1) is 4.34 Å². The van der Waals surface area contributed by atoms with Gasteiger partial charge in [0.2, 0.25) is 0 Å². The Hall–Kier alpha value is -0.870. The Morgan fingerprint density at radius 2 is 1.87 bits per heavy atom. The predicted molar refractivity (Wildman–Crippen MR) is 90.4 cm³/mol. The summed E-state index contributed by atoms with van der Waals surface area (Å²) in [7, 11) is -3.55. The van der Waals surface area contributed by atoms with E-state index in [0.717, 1.165) is 11.3 Å². The molecule has 1 saturated heterocycles. The molecule has 0 spiro atoms. The van der Waals surface area contributed by atoms with Crippen molar-refractivity contribution in [2.45, 2.75) is 4.21 Å². The molecule has 10 heteroatoms. The highest BCUT2D eigenvalue weighted by atomic mass is 79.9. The maximum absolute atomic E-state index is 12.5. The summed E-state index contributed by atoms with van der Waals surface area (Å²) in [5.74, 6) is -0.00913. The number of halogens is 2. The van der Waals surface area contributed by atoms with Crippen molar-refractivity contribution in [1.82, 2.24) is 9.21 Å². The summed E-state index contributed by atoms with van der Waals surface area (Å²) >= 11 is 9.99. The molecule has 2 aromatic heterocycles. The second kappa shape index (κ2) is 6.56. The first kappa shape index (κ1) is 17.0. The van der Waals surface area contributed by atoms with Gasteiger partial charge in [0.15, 0.2) is 10.4 Å². The predicted octanol–water partition coefficient (Wildman–Crippen LogP) is 2.90. The van der Waals surface area contributed by atoms with Gasteiger partial charge in [0.1, 0.15) is 4.21 Å². The number of sulfonamides is 1. The topological polar surface area (TPSA) is 70.8 Å². The molecule has 0 atom stereocenters. The SMILES string of the molecule is O=C(c1ccc(Br)o1)N1CCN(S(=O)(=O)c2ccc(Cl)s2)CC1. The van der Waals surface area contributed by atoms with Gasteiger partial charge in [-0.2, -0.15) is 4.31 Å². The molecule has 0 bridgehead atoms. The van der Waals surface area contributed by atoms with Gasteiger partial charge in [-0.25, -0.2) is 8.42 Å². The van der Waals surface area contributed by atoms with Gasteiger partial charge in [-0.3, -0.25) is 4.79 Å². The van der Waals surface area contributed by atoms with Gasteiger partial charge < -0.3 is 9.32 Å². The second-order valence-electron chi connectivity index (χ2n) is 4.86. The summed E-state index contributed by atoms with van der Waals surface area (Å²) in [5, 5.41) is 0. The number of amides is 1. The maximum atomic E-state index is 12.5. The zero-order valence-electron chi connectivity index (χ0n) is 11.7. The molecule has 23 heavy (non-hydrogen) atoms. The number of nitrogens with zero attached hydrogens (tertiary/aromatic N) is 2. The zero-order valence-corrected chi connectivity index (χ0v) is 15.7. The van der Waals surface area contributed by atoms with Crippen LogP contribution in [0.4, 0.5) is 0 Å². The molecule has 3 heterocycles. The largest absolute Gasteiger partial charge is 0.444 e. The molecule has 3 rings (SSSR count). The Morgan fingerprint density at radius 1 is 1.17 bits per heavy atom. The normalized spacial score (nSPS) is 16.7. The molecule has 124 valence electrons. The summed E-state index contributed by atoms with van der Waals surface area (Å²) in [6, 6.07) is 6.30. The fraction of sp³-hybridized carbons (Fsp3) is 0.308. The molecule has 0 unspecified atom stereocenters. The highest BCUT2D eigenvalue weighted by Gasteiger charge is 2.32. The van der Waals surface area contributed by atoms with Crippen molar-refractivity contribution in [3.8, 4) is 0 Å². The lowest BCUT2D eigenvalue weighted by Gasteiger charge is -2.33. The summed E-state index contributed by atoms with van der Waals surface area (Å²) in [6.45, 7) is 1.11. The standard InChI is InChI=1S/C13H12BrClN2O4S2/c14-10-2-1-9(21-10)13(18)16-5-7-17(8-6-16)23(19,20)12-4-3-11(15)22-12/h1-4H,5-8H2. The van der Waals surface area contributed by atoms with Crippen molar-refractivity contribution >= 4 is 54.8 Å². The van der Waals surface area contributed by atoms with E-state index in [-0.39, 0.29) is 29.0 Å². The van der Waals surface area contributed by atoms with E-state index in [1.54, 1.807) is 23.1 Å². The van der Waals surface area contributed by atoms with E-state index in [0.29, 0.717) is 22.1 Å². The van der Waals surface area contributed by atoms with Crippen LogP contribution >= 0.6 is 38.9 Å². The van der Waals surface area contributed by atoms with Crippen LogP contribution < -0.4 is 0 Å². The van der Waals surface area contributed by atoms with E-state index in [4.69, 9.17) is 16.0 Å². The first-order valence-corrected chi connectivity index (χ1v) is 10.1. The Balaban J connectivity index is 1.67. The van der Waals surface area contributed by atoms with Crippen LogP contribution in [0.2, 0.25) is 4.34 Å². The quantitative estimate of drug-likeness (QED) is 0.737. The van der Waals surface area contributed by atoms with Gasteiger partial charge in [-0.1, -0.05) is 11.6 Å². The van der Waals surface area contributed by atoms with E-state index >= 15 is 0 Å². The molecule has 0 N–H and O–H groups in total. The summed E-state index contributed by atoms with van der Waals surface area (Å²) in [4.78, 5) is 13.9. The fourth-order valence-electron chi connectivity index (χ4n) is 2.28. The lowest BCUT2D eigenvalue weighted by molar-refractivity contribution is 0.0664. The molecular weight excluding hydrogens is 428 g/mol. The lowest BCUT2D eigenvalue weighted by atomic mass is 10.3. The van der Waals surface area contributed by atoms with Crippen LogP contribution in [0.5, 0.6) is 0 Å². The third-order valence-electron chi connectivity index (χ3n) is 3.45. The molecule has 0 aromatic carbocycles. The van der Waals surface area contributed by atoms with Crippen molar-refractivity contribution < 1.29 is 17.6 Å². The summed E-state index contributed by atoms with van der Waals surface area (Å²) in [6.07, 6.45) is 0. The van der Waals surface area contributed by atoms with Crippen molar-refractivity contribution in [3.63, 3.8) is 0 Å². The number of carbonyl (C=O) groups excluding carboxylic acids is 1. The molecule has 2 aromatic rings. The van der Waals surface area contributed by atoms with Gasteiger partial charge in [0, 0.05) is 26.2 Å². The molecule has 0 aliphatic carbocycles. The first-order valence-electron chi connectivity index (χ1n) is 6.68. The van der Waals surface area contributed by atoms with Gasteiger partial charge in [-0.05, 0) is 40.2 Å². The molecule has 0 saturated carbocycles. The minimum Gasteiger partial charge on any atom is -0.444 e. The first-order chi connectivity index (χ1) is 10.9. The van der Waals surface area contributed by atoms with Crippen LogP contribution in [0.1, 0.15) is 10.6 Å². The molecular formula is C13H12BrClN2O4S2. The average molecular weight is 440 g/mol. The Bertz CT molecular complexity index is 825. The van der Waals surface area contributed by atoms with Crippen LogP contribution in [-0.2, 0) is 10.0 Å². The maximum Gasteiger partial charge on any atom is 0.289 e. The van der Waals surface area contributed by atoms with Crippen LogP contribution in [0.25, 0.3) is 0 Å². The molecule has 6 nitrogen and oxygen atoms in total. The van der Waals surface area contributed by atoms with Crippen molar-refractivity contribution in [1.29, 1.82) is 0 Å². The fourth-order valence-corrected chi connectivity index (χ4v) is 5.65.